The highest BCUT2D eigenvalue weighted by molar-refractivity contribution is 5.71. The molecule has 1 aromatic carbocycles. The van der Waals surface area contributed by atoms with E-state index >= 15 is 0 Å². The second-order valence-electron chi connectivity index (χ2n) is 4.65. The van der Waals surface area contributed by atoms with Crippen LogP contribution in [-0.4, -0.2) is 23.2 Å². The number of ether oxygens (including phenoxy) is 1. The van der Waals surface area contributed by atoms with E-state index in [2.05, 4.69) is 14.9 Å². The van der Waals surface area contributed by atoms with Crippen LogP contribution in [0.25, 0.3) is 11.3 Å². The van der Waals surface area contributed by atoms with Gasteiger partial charge >= 0.3 is 0 Å². The van der Waals surface area contributed by atoms with Crippen LogP contribution in [0.2, 0.25) is 0 Å². The van der Waals surface area contributed by atoms with Crippen molar-refractivity contribution in [3.05, 3.63) is 29.7 Å². The van der Waals surface area contributed by atoms with Crippen molar-refractivity contribution in [3.63, 3.8) is 0 Å². The number of hydrogen-bond acceptors (Lipinski definition) is 3. The van der Waals surface area contributed by atoms with E-state index in [9.17, 15) is 4.39 Å². The quantitative estimate of drug-likeness (QED) is 0.903. The molecule has 1 N–H and O–H groups in total. The molecule has 4 nitrogen and oxygen atoms in total. The molecule has 0 bridgehead atoms. The van der Waals surface area contributed by atoms with Gasteiger partial charge in [0.1, 0.15) is 11.6 Å². The minimum absolute atomic E-state index is 0.283. The lowest BCUT2D eigenvalue weighted by molar-refractivity contribution is 0.415. The summed E-state index contributed by atoms with van der Waals surface area (Å²) in [6.45, 7) is 3.87. The Bertz CT molecular complexity index is 621. The molecule has 0 aliphatic carbocycles. The molecule has 100 valence electrons. The molecule has 3 rings (SSSR count). The van der Waals surface area contributed by atoms with Crippen LogP contribution in [0.1, 0.15) is 12.1 Å². The highest BCUT2D eigenvalue weighted by Gasteiger charge is 2.20. The van der Waals surface area contributed by atoms with Gasteiger partial charge in [-0.25, -0.2) is 9.37 Å². The van der Waals surface area contributed by atoms with Crippen LogP contribution < -0.4 is 10.1 Å². The number of imidazole rings is 1. The maximum atomic E-state index is 13.5. The van der Waals surface area contributed by atoms with Crippen molar-refractivity contribution in [1.82, 2.24) is 9.55 Å². The Balaban J connectivity index is 2.17. The number of hydrogen-bond donors (Lipinski definition) is 1. The number of nitrogens with zero attached hydrogens (tertiary/aromatic N) is 2. The summed E-state index contributed by atoms with van der Waals surface area (Å²) in [5.74, 6) is 1.21. The van der Waals surface area contributed by atoms with Gasteiger partial charge in [-0.2, -0.15) is 0 Å². The Morgan fingerprint density at radius 3 is 3.00 bits per heavy atom. The molecule has 1 aliphatic rings. The van der Waals surface area contributed by atoms with Gasteiger partial charge in [0.15, 0.2) is 0 Å². The monoisotopic (exact) mass is 261 g/mol. The standard InChI is InChI=1S/C14H16FN3O/c1-9-13(17-14-16-6-3-7-18(9)14)11-8-10(15)4-5-12(11)19-2/h4-5,8H,3,6-7H2,1-2H3,(H,16,17). The summed E-state index contributed by atoms with van der Waals surface area (Å²) in [7, 11) is 1.58. The molecule has 0 radical (unpaired) electrons. The number of halogens is 1. The zero-order chi connectivity index (χ0) is 13.4. The molecule has 19 heavy (non-hydrogen) atoms. The van der Waals surface area contributed by atoms with Crippen LogP contribution in [0, 0.1) is 12.7 Å². The fraction of sp³-hybridized carbons (Fsp3) is 0.357. The fourth-order valence-corrected chi connectivity index (χ4v) is 2.50. The maximum Gasteiger partial charge on any atom is 0.203 e. The Labute approximate surface area is 111 Å². The highest BCUT2D eigenvalue weighted by Crippen LogP contribution is 2.34. The molecule has 0 unspecified atom stereocenters. The van der Waals surface area contributed by atoms with Crippen molar-refractivity contribution < 1.29 is 9.13 Å². The first-order chi connectivity index (χ1) is 9.20. The number of fused-ring (bicyclic) bond motifs is 1. The van der Waals surface area contributed by atoms with Crippen molar-refractivity contribution >= 4 is 5.95 Å². The third-order valence-electron chi connectivity index (χ3n) is 3.48. The number of benzene rings is 1. The molecule has 5 heteroatoms. The van der Waals surface area contributed by atoms with Gasteiger partial charge in [0, 0.05) is 24.3 Å². The van der Waals surface area contributed by atoms with Crippen LogP contribution in [0.5, 0.6) is 5.75 Å². The van der Waals surface area contributed by atoms with Gasteiger partial charge in [-0.3, -0.25) is 0 Å². The summed E-state index contributed by atoms with van der Waals surface area (Å²) in [5.41, 5.74) is 2.51. The summed E-state index contributed by atoms with van der Waals surface area (Å²) >= 11 is 0. The predicted octanol–water partition coefficient (Wildman–Crippen LogP) is 2.82. The first-order valence-corrected chi connectivity index (χ1v) is 6.35. The third-order valence-corrected chi connectivity index (χ3v) is 3.48. The van der Waals surface area contributed by atoms with Gasteiger partial charge in [0.25, 0.3) is 0 Å². The van der Waals surface area contributed by atoms with Crippen LogP contribution in [-0.2, 0) is 6.54 Å². The van der Waals surface area contributed by atoms with E-state index < -0.39 is 0 Å². The maximum absolute atomic E-state index is 13.5. The van der Waals surface area contributed by atoms with Crippen molar-refractivity contribution in [2.45, 2.75) is 19.9 Å². The number of methoxy groups -OCH3 is 1. The number of rotatable bonds is 2. The fourth-order valence-electron chi connectivity index (χ4n) is 2.50. The smallest absolute Gasteiger partial charge is 0.203 e. The molecule has 0 saturated carbocycles. The van der Waals surface area contributed by atoms with E-state index in [1.165, 1.54) is 12.1 Å². The molecule has 0 spiro atoms. The topological polar surface area (TPSA) is 39.1 Å². The Hall–Kier alpha value is -2.04. The molecule has 0 amide bonds. The molecule has 2 heterocycles. The second kappa shape index (κ2) is 4.57. The molecule has 2 aromatic rings. The normalized spacial score (nSPS) is 13.8. The van der Waals surface area contributed by atoms with E-state index in [-0.39, 0.29) is 5.82 Å². The number of nitrogens with one attached hydrogen (secondary N) is 1. The summed E-state index contributed by atoms with van der Waals surface area (Å²) < 4.78 is 20.9. The average molecular weight is 261 g/mol. The molecule has 1 aromatic heterocycles. The molecule has 0 atom stereocenters. The van der Waals surface area contributed by atoms with E-state index in [0.29, 0.717) is 11.3 Å². The molecular formula is C14H16FN3O. The third kappa shape index (κ3) is 1.95. The highest BCUT2D eigenvalue weighted by atomic mass is 19.1. The van der Waals surface area contributed by atoms with Crippen LogP contribution >= 0.6 is 0 Å². The van der Waals surface area contributed by atoms with E-state index in [1.807, 2.05) is 6.92 Å². The number of aromatic nitrogens is 2. The zero-order valence-electron chi connectivity index (χ0n) is 11.0. The lowest BCUT2D eigenvalue weighted by Gasteiger charge is -2.16. The summed E-state index contributed by atoms with van der Waals surface area (Å²) in [6.07, 6.45) is 1.07. The first kappa shape index (κ1) is 12.0. The van der Waals surface area contributed by atoms with Crippen LogP contribution in [0.4, 0.5) is 10.3 Å². The summed E-state index contributed by atoms with van der Waals surface area (Å²) in [6, 6.07) is 4.50. The lowest BCUT2D eigenvalue weighted by Crippen LogP contribution is -2.17. The van der Waals surface area contributed by atoms with Crippen molar-refractivity contribution in [2.24, 2.45) is 0 Å². The van der Waals surface area contributed by atoms with Gasteiger partial charge in [-0.1, -0.05) is 0 Å². The predicted molar refractivity (Wildman–Crippen MR) is 72.0 cm³/mol. The van der Waals surface area contributed by atoms with Gasteiger partial charge in [-0.05, 0) is 31.5 Å². The van der Waals surface area contributed by atoms with Crippen molar-refractivity contribution in [3.8, 4) is 17.0 Å². The molecule has 1 aliphatic heterocycles. The van der Waals surface area contributed by atoms with E-state index in [4.69, 9.17) is 4.74 Å². The molecular weight excluding hydrogens is 245 g/mol. The minimum atomic E-state index is -0.283. The van der Waals surface area contributed by atoms with E-state index in [1.54, 1.807) is 13.2 Å². The van der Waals surface area contributed by atoms with Gasteiger partial charge < -0.3 is 14.6 Å². The Morgan fingerprint density at radius 2 is 2.26 bits per heavy atom. The Kier molecular flexibility index (Phi) is 2.89. The summed E-state index contributed by atoms with van der Waals surface area (Å²) in [5, 5.41) is 3.26. The first-order valence-electron chi connectivity index (χ1n) is 6.35. The van der Waals surface area contributed by atoms with Crippen molar-refractivity contribution in [1.29, 1.82) is 0 Å². The number of anilines is 1. The second-order valence-corrected chi connectivity index (χ2v) is 4.65. The van der Waals surface area contributed by atoms with Crippen molar-refractivity contribution in [2.75, 3.05) is 19.0 Å². The van der Waals surface area contributed by atoms with Crippen LogP contribution in [0.3, 0.4) is 0 Å². The SMILES string of the molecule is COc1ccc(F)cc1-c1nc2n(c1C)CCCN2. The van der Waals surface area contributed by atoms with Gasteiger partial charge in [0.2, 0.25) is 5.95 Å². The van der Waals surface area contributed by atoms with E-state index in [0.717, 1.165) is 36.8 Å². The summed E-state index contributed by atoms with van der Waals surface area (Å²) in [4.78, 5) is 4.58. The van der Waals surface area contributed by atoms with Gasteiger partial charge in [-0.15, -0.1) is 0 Å². The average Bonchev–Trinajstić information content (AvgIpc) is 2.76. The van der Waals surface area contributed by atoms with Gasteiger partial charge in [0.05, 0.1) is 12.8 Å². The van der Waals surface area contributed by atoms with Crippen LogP contribution in [0.15, 0.2) is 18.2 Å². The lowest BCUT2D eigenvalue weighted by atomic mass is 10.1. The zero-order valence-corrected chi connectivity index (χ0v) is 11.0. The largest absolute Gasteiger partial charge is 0.496 e. The molecule has 0 fully saturated rings. The minimum Gasteiger partial charge on any atom is -0.496 e. The Morgan fingerprint density at radius 1 is 1.42 bits per heavy atom. The molecule has 0 saturated heterocycles.